The molecule has 1 unspecified atom stereocenters. The van der Waals surface area contributed by atoms with Crippen LogP contribution in [0.25, 0.3) is 0 Å². The highest BCUT2D eigenvalue weighted by Crippen LogP contribution is 2.32. The van der Waals surface area contributed by atoms with E-state index in [0.29, 0.717) is 5.92 Å². The van der Waals surface area contributed by atoms with Gasteiger partial charge in [0.05, 0.1) is 11.8 Å². The smallest absolute Gasteiger partial charge is 0.127 e. The van der Waals surface area contributed by atoms with Crippen molar-refractivity contribution in [1.29, 1.82) is 0 Å². The number of hydrogen-bond donors (Lipinski definition) is 1. The number of aliphatic hydroxyl groups excluding tert-OH is 1. The number of halogens is 1. The molecular formula is C12H17BrN2O2. The Kier molecular flexibility index (Phi) is 3.23. The van der Waals surface area contributed by atoms with Gasteiger partial charge in [-0.05, 0) is 35.2 Å². The summed E-state index contributed by atoms with van der Waals surface area (Å²) >= 11 is 3.52. The number of hydrogen-bond acceptors (Lipinski definition) is 3. The van der Waals surface area contributed by atoms with Gasteiger partial charge in [-0.1, -0.05) is 0 Å². The van der Waals surface area contributed by atoms with Crippen molar-refractivity contribution in [2.75, 3.05) is 13.2 Å². The maximum absolute atomic E-state index is 9.72. The SMILES string of the molecule is OC1CCn2c(C3CCOCC3)nc(Br)c2C1. The molecule has 3 heterocycles. The lowest BCUT2D eigenvalue weighted by Gasteiger charge is -2.26. The normalized spacial score (nSPS) is 25.9. The Morgan fingerprint density at radius 3 is 2.82 bits per heavy atom. The van der Waals surface area contributed by atoms with Crippen LogP contribution < -0.4 is 0 Å². The molecule has 5 heteroatoms. The summed E-state index contributed by atoms with van der Waals surface area (Å²) in [6.07, 6.45) is 3.47. The standard InChI is InChI=1S/C12H17BrN2O2/c13-11-10-7-9(16)1-4-15(10)12(14-11)8-2-5-17-6-3-8/h8-9,16H,1-7H2. The molecule has 0 aliphatic carbocycles. The van der Waals surface area contributed by atoms with Crippen LogP contribution in [0.5, 0.6) is 0 Å². The summed E-state index contributed by atoms with van der Waals surface area (Å²) in [5.74, 6) is 1.70. The monoisotopic (exact) mass is 300 g/mol. The quantitative estimate of drug-likeness (QED) is 0.861. The first-order chi connectivity index (χ1) is 8.25. The van der Waals surface area contributed by atoms with Crippen molar-refractivity contribution in [1.82, 2.24) is 9.55 Å². The van der Waals surface area contributed by atoms with Crippen molar-refractivity contribution >= 4 is 15.9 Å². The van der Waals surface area contributed by atoms with Crippen LogP contribution in [0.3, 0.4) is 0 Å². The average molecular weight is 301 g/mol. The Morgan fingerprint density at radius 2 is 2.06 bits per heavy atom. The van der Waals surface area contributed by atoms with Crippen molar-refractivity contribution in [3.63, 3.8) is 0 Å². The van der Waals surface area contributed by atoms with E-state index in [2.05, 4.69) is 25.5 Å². The minimum atomic E-state index is -0.210. The predicted molar refractivity (Wildman–Crippen MR) is 67.0 cm³/mol. The van der Waals surface area contributed by atoms with Gasteiger partial charge in [0, 0.05) is 32.1 Å². The number of nitrogens with zero attached hydrogens (tertiary/aromatic N) is 2. The second kappa shape index (κ2) is 4.71. The van der Waals surface area contributed by atoms with Crippen molar-refractivity contribution in [3.8, 4) is 0 Å². The Balaban J connectivity index is 1.92. The fraction of sp³-hybridized carbons (Fsp3) is 0.750. The van der Waals surface area contributed by atoms with Crippen molar-refractivity contribution < 1.29 is 9.84 Å². The molecule has 1 aromatic heterocycles. The molecule has 0 amide bonds. The highest BCUT2D eigenvalue weighted by atomic mass is 79.9. The first-order valence-corrected chi connectivity index (χ1v) is 7.05. The van der Waals surface area contributed by atoms with Crippen LogP contribution in [0.15, 0.2) is 4.60 Å². The molecule has 3 rings (SSSR count). The number of imidazole rings is 1. The number of aromatic nitrogens is 2. The zero-order chi connectivity index (χ0) is 11.8. The fourth-order valence-electron chi connectivity index (χ4n) is 2.79. The van der Waals surface area contributed by atoms with E-state index >= 15 is 0 Å². The molecule has 0 radical (unpaired) electrons. The van der Waals surface area contributed by atoms with E-state index in [1.165, 1.54) is 5.82 Å². The molecule has 0 aromatic carbocycles. The van der Waals surface area contributed by atoms with Crippen LogP contribution in [-0.4, -0.2) is 34.0 Å². The van der Waals surface area contributed by atoms with Gasteiger partial charge in [-0.15, -0.1) is 0 Å². The molecule has 0 spiro atoms. The highest BCUT2D eigenvalue weighted by molar-refractivity contribution is 9.10. The number of rotatable bonds is 1. The summed E-state index contributed by atoms with van der Waals surface area (Å²) < 4.78 is 8.61. The topological polar surface area (TPSA) is 47.3 Å². The molecule has 1 aromatic rings. The molecule has 1 atom stereocenters. The average Bonchev–Trinajstić information content (AvgIpc) is 2.68. The van der Waals surface area contributed by atoms with Crippen LogP contribution >= 0.6 is 15.9 Å². The molecule has 0 saturated carbocycles. The van der Waals surface area contributed by atoms with Gasteiger partial charge in [0.1, 0.15) is 10.4 Å². The summed E-state index contributed by atoms with van der Waals surface area (Å²) in [6.45, 7) is 2.57. The number of aliphatic hydroxyl groups is 1. The third-order valence-electron chi connectivity index (χ3n) is 3.75. The molecule has 4 nitrogen and oxygen atoms in total. The summed E-state index contributed by atoms with van der Waals surface area (Å²) in [5.41, 5.74) is 1.16. The van der Waals surface area contributed by atoms with Gasteiger partial charge in [-0.3, -0.25) is 0 Å². The van der Waals surface area contributed by atoms with Gasteiger partial charge < -0.3 is 14.4 Å². The Morgan fingerprint density at radius 1 is 1.29 bits per heavy atom. The highest BCUT2D eigenvalue weighted by Gasteiger charge is 2.28. The van der Waals surface area contributed by atoms with Crippen molar-refractivity contribution in [3.05, 3.63) is 16.1 Å². The van der Waals surface area contributed by atoms with Crippen molar-refractivity contribution in [2.45, 2.75) is 44.2 Å². The largest absolute Gasteiger partial charge is 0.393 e. The van der Waals surface area contributed by atoms with E-state index in [1.807, 2.05) is 0 Å². The summed E-state index contributed by atoms with van der Waals surface area (Å²) in [5, 5.41) is 9.72. The van der Waals surface area contributed by atoms with Crippen LogP contribution in [0.1, 0.15) is 36.7 Å². The second-order valence-electron chi connectivity index (χ2n) is 4.89. The Labute approximate surface area is 109 Å². The Bertz CT molecular complexity index is 413. The predicted octanol–water partition coefficient (Wildman–Crippen LogP) is 1.85. The van der Waals surface area contributed by atoms with E-state index in [1.54, 1.807) is 0 Å². The van der Waals surface area contributed by atoms with Gasteiger partial charge in [-0.2, -0.15) is 0 Å². The second-order valence-corrected chi connectivity index (χ2v) is 5.64. The summed E-state index contributed by atoms with van der Waals surface area (Å²) in [6, 6.07) is 0. The summed E-state index contributed by atoms with van der Waals surface area (Å²) in [7, 11) is 0. The van der Waals surface area contributed by atoms with E-state index in [4.69, 9.17) is 4.74 Å². The molecule has 1 N–H and O–H groups in total. The van der Waals surface area contributed by atoms with Crippen LogP contribution in [0.4, 0.5) is 0 Å². The van der Waals surface area contributed by atoms with E-state index in [9.17, 15) is 5.11 Å². The molecule has 0 bridgehead atoms. The minimum Gasteiger partial charge on any atom is -0.393 e. The van der Waals surface area contributed by atoms with Crippen LogP contribution in [0.2, 0.25) is 0 Å². The maximum Gasteiger partial charge on any atom is 0.127 e. The molecule has 2 aliphatic heterocycles. The maximum atomic E-state index is 9.72. The number of fused-ring (bicyclic) bond motifs is 1. The molecular weight excluding hydrogens is 284 g/mol. The lowest BCUT2D eigenvalue weighted by atomic mass is 9.98. The van der Waals surface area contributed by atoms with E-state index < -0.39 is 0 Å². The minimum absolute atomic E-state index is 0.210. The molecule has 2 aliphatic rings. The molecule has 94 valence electrons. The zero-order valence-electron chi connectivity index (χ0n) is 9.73. The summed E-state index contributed by atoms with van der Waals surface area (Å²) in [4.78, 5) is 4.66. The van der Waals surface area contributed by atoms with Gasteiger partial charge in [0.15, 0.2) is 0 Å². The van der Waals surface area contributed by atoms with Crippen molar-refractivity contribution in [2.24, 2.45) is 0 Å². The molecule has 1 fully saturated rings. The fourth-order valence-corrected chi connectivity index (χ4v) is 3.35. The lowest BCUT2D eigenvalue weighted by molar-refractivity contribution is 0.0817. The van der Waals surface area contributed by atoms with Gasteiger partial charge >= 0.3 is 0 Å². The molecule has 1 saturated heterocycles. The first kappa shape index (κ1) is 11.7. The molecule has 17 heavy (non-hydrogen) atoms. The third kappa shape index (κ3) is 2.16. The lowest BCUT2D eigenvalue weighted by Crippen LogP contribution is -2.26. The number of ether oxygens (including phenoxy) is 1. The van der Waals surface area contributed by atoms with Crippen LogP contribution in [-0.2, 0) is 17.7 Å². The van der Waals surface area contributed by atoms with Gasteiger partial charge in [-0.25, -0.2) is 4.98 Å². The third-order valence-corrected chi connectivity index (χ3v) is 4.39. The van der Waals surface area contributed by atoms with Gasteiger partial charge in [0.25, 0.3) is 0 Å². The zero-order valence-corrected chi connectivity index (χ0v) is 11.3. The van der Waals surface area contributed by atoms with E-state index in [0.717, 1.165) is 55.7 Å². The van der Waals surface area contributed by atoms with Gasteiger partial charge in [0.2, 0.25) is 0 Å². The first-order valence-electron chi connectivity index (χ1n) is 6.26. The van der Waals surface area contributed by atoms with Crippen LogP contribution in [0, 0.1) is 0 Å². The Hall–Kier alpha value is -0.390. The van der Waals surface area contributed by atoms with E-state index in [-0.39, 0.29) is 6.10 Å².